The summed E-state index contributed by atoms with van der Waals surface area (Å²) in [6.45, 7) is 86.0. The molecule has 2 nitrogen and oxygen atoms in total. The second-order valence-electron chi connectivity index (χ2n) is 30.7. The van der Waals surface area contributed by atoms with Crippen molar-refractivity contribution in [3.05, 3.63) is 158 Å². The summed E-state index contributed by atoms with van der Waals surface area (Å²) in [5.41, 5.74) is 5.06. The summed E-state index contributed by atoms with van der Waals surface area (Å²) >= 11 is 0. The predicted molar refractivity (Wildman–Crippen MR) is 383 cm³/mol. The Hall–Kier alpha value is -4.30. The summed E-state index contributed by atoms with van der Waals surface area (Å²) in [6.07, 6.45) is 5.31. The lowest BCUT2D eigenvalue weighted by molar-refractivity contribution is 0.469. The molecule has 0 saturated heterocycles. The summed E-state index contributed by atoms with van der Waals surface area (Å²) in [7, 11) is 0. The van der Waals surface area contributed by atoms with Crippen LogP contribution in [0.2, 0.25) is 0 Å². The Balaban J connectivity index is -0.0000000835. The van der Waals surface area contributed by atoms with E-state index in [-0.39, 0.29) is 0 Å². The van der Waals surface area contributed by atoms with Crippen molar-refractivity contribution in [1.29, 1.82) is 0 Å². The second-order valence-corrected chi connectivity index (χ2v) is 30.7. The average molecular weight is 1110 g/mol. The Morgan fingerprint density at radius 2 is 0.350 bits per heavy atom. The summed E-state index contributed by atoms with van der Waals surface area (Å²) in [4.78, 5) is 7.97. The van der Waals surface area contributed by atoms with Crippen LogP contribution in [0.1, 0.15) is 277 Å². The van der Waals surface area contributed by atoms with Crippen molar-refractivity contribution in [3.63, 3.8) is 0 Å². The number of hydrogen-bond acceptors (Lipinski definition) is 2. The van der Waals surface area contributed by atoms with Crippen LogP contribution in [0.3, 0.4) is 0 Å². The molecule has 4 aromatic carbocycles. The molecule has 0 saturated carbocycles. The third kappa shape index (κ3) is 204. The molecule has 0 unspecified atom stereocenters. The van der Waals surface area contributed by atoms with Gasteiger partial charge in [-0.15, -0.1) is 0 Å². The number of aromatic nitrogens is 2. The maximum absolute atomic E-state index is 4.18. The molecule has 0 fully saturated rings. The van der Waals surface area contributed by atoms with E-state index in [1.807, 2.05) is 140 Å². The van der Waals surface area contributed by atoms with E-state index >= 15 is 0 Å². The minimum absolute atomic E-state index is 0.500. The van der Waals surface area contributed by atoms with Crippen molar-refractivity contribution < 1.29 is 0 Å². The van der Waals surface area contributed by atoms with Gasteiger partial charge in [-0.2, -0.15) is 0 Å². The van der Waals surface area contributed by atoms with Crippen LogP contribution in [0.5, 0.6) is 0 Å². The maximum Gasteiger partial charge on any atom is 0.0701 e. The first kappa shape index (κ1) is 97.9. The molecular weight excluding hydrogens is 965 g/mol. The number of pyridine rings is 2. The topological polar surface area (TPSA) is 25.8 Å². The van der Waals surface area contributed by atoms with Gasteiger partial charge in [0, 0.05) is 24.0 Å². The first-order valence-electron chi connectivity index (χ1n) is 30.5. The van der Waals surface area contributed by atoms with Crippen LogP contribution in [-0.2, 0) is 0 Å². The van der Waals surface area contributed by atoms with E-state index in [1.165, 1.54) is 16.2 Å². The molecule has 2 heterocycles. The SMILES string of the molecule is CC.CC.CC.CC.CC(C)(C)C.CC(C)(C)C.CC(C)(C)C.CC(C)(C)C.CC(C)(C)C.CC(C)(C)C.CC(C)(C)C.CC(C)(C)C.c1ccc2ccccc2c1.c1ccc2ncccc2c1.c1ccccc1.c1ccncc1. The molecule has 0 radical (unpaired) electrons. The van der Waals surface area contributed by atoms with Crippen LogP contribution >= 0.6 is 0 Å². The third-order valence-electron chi connectivity index (χ3n) is 4.40. The van der Waals surface area contributed by atoms with Crippen molar-refractivity contribution >= 4 is 21.7 Å². The lowest BCUT2D eigenvalue weighted by Gasteiger charge is -2.05. The van der Waals surface area contributed by atoms with Crippen molar-refractivity contribution in [2.75, 3.05) is 0 Å². The molecule has 468 valence electrons. The summed E-state index contributed by atoms with van der Waals surface area (Å²) in [5.74, 6) is 0. The van der Waals surface area contributed by atoms with Gasteiger partial charge < -0.3 is 0 Å². The standard InChI is InChI=1S/C10H8.C9H7N.C6H6.C5H5N.8C5H12.4C2H6/c1-2-6-10-8-4-3-7-9(10)5-1;1-2-6-9-8(4-1)5-3-7-10-9;2*1-2-4-6-5-3-1;8*1-5(2,3)4;4*1-2/h1-8H;1-7H;1-6H;1-5H;8*1-4H3;4*1-2H3. The van der Waals surface area contributed by atoms with E-state index in [9.17, 15) is 0 Å². The maximum atomic E-state index is 4.18. The zero-order chi connectivity index (χ0) is 66.1. The summed E-state index contributed by atoms with van der Waals surface area (Å²) in [5, 5.41) is 3.82. The highest BCUT2D eigenvalue weighted by molar-refractivity contribution is 5.82. The molecule has 0 N–H and O–H groups in total. The fraction of sp³-hybridized carbons (Fsp3) is 0.615. The fourth-order valence-electron chi connectivity index (χ4n) is 2.85. The highest BCUT2D eigenvalue weighted by atomic mass is 14.6. The molecule has 6 aromatic rings. The second kappa shape index (κ2) is 57.9. The number of nitrogens with zero attached hydrogens (tertiary/aromatic N) is 2. The van der Waals surface area contributed by atoms with Crippen LogP contribution in [0, 0.1) is 43.3 Å². The molecule has 0 spiro atoms. The summed E-state index contributed by atoms with van der Waals surface area (Å²) in [6, 6.07) is 46.5. The molecule has 0 aliphatic carbocycles. The van der Waals surface area contributed by atoms with E-state index in [0.717, 1.165) is 5.52 Å². The normalized spacial score (nSPS) is 10.0. The van der Waals surface area contributed by atoms with Crippen LogP contribution in [0.25, 0.3) is 21.7 Å². The number of benzene rings is 4. The van der Waals surface area contributed by atoms with Gasteiger partial charge in [-0.3, -0.25) is 9.97 Å². The van der Waals surface area contributed by atoms with Crippen LogP contribution in [0.4, 0.5) is 0 Å². The quantitative estimate of drug-likeness (QED) is 0.151. The molecule has 0 aliphatic rings. The van der Waals surface area contributed by atoms with Gasteiger partial charge in [-0.05, 0) is 78.4 Å². The van der Waals surface area contributed by atoms with E-state index in [1.54, 1.807) is 12.4 Å². The van der Waals surface area contributed by atoms with Gasteiger partial charge in [-0.25, -0.2) is 0 Å². The van der Waals surface area contributed by atoms with Gasteiger partial charge in [0.1, 0.15) is 0 Å². The van der Waals surface area contributed by atoms with Crippen LogP contribution in [0.15, 0.2) is 158 Å². The fourth-order valence-corrected chi connectivity index (χ4v) is 2.85. The van der Waals surface area contributed by atoms with Gasteiger partial charge in [-0.1, -0.05) is 392 Å². The number of fused-ring (bicyclic) bond motifs is 2. The van der Waals surface area contributed by atoms with Crippen LogP contribution < -0.4 is 0 Å². The van der Waals surface area contributed by atoms with Gasteiger partial charge >= 0.3 is 0 Å². The zero-order valence-electron chi connectivity index (χ0n) is 61.9. The number of rotatable bonds is 0. The van der Waals surface area contributed by atoms with E-state index in [2.05, 4.69) is 292 Å². The smallest absolute Gasteiger partial charge is 0.0701 e. The Labute approximate surface area is 507 Å². The van der Waals surface area contributed by atoms with E-state index < -0.39 is 0 Å². The predicted octanol–water partition coefficient (Wildman–Crippen LogP) is 28.4. The highest BCUT2D eigenvalue weighted by Crippen LogP contribution is 2.13. The van der Waals surface area contributed by atoms with Crippen LogP contribution in [-0.4, -0.2) is 9.97 Å². The van der Waals surface area contributed by atoms with E-state index in [0.29, 0.717) is 43.3 Å². The lowest BCUT2D eigenvalue weighted by Crippen LogP contribution is -1.93. The molecular formula is C78H146N2. The molecule has 6 rings (SSSR count). The van der Waals surface area contributed by atoms with Gasteiger partial charge in [0.05, 0.1) is 5.52 Å². The Morgan fingerprint density at radius 3 is 0.512 bits per heavy atom. The van der Waals surface area contributed by atoms with Gasteiger partial charge in [0.15, 0.2) is 0 Å². The van der Waals surface area contributed by atoms with Crippen molar-refractivity contribution in [3.8, 4) is 0 Å². The first-order valence-corrected chi connectivity index (χ1v) is 30.5. The molecule has 2 heteroatoms. The number of hydrogen-bond donors (Lipinski definition) is 0. The Kier molecular flexibility index (Phi) is 70.8. The molecule has 0 amide bonds. The first-order chi connectivity index (χ1) is 35.9. The van der Waals surface area contributed by atoms with Gasteiger partial charge in [0.2, 0.25) is 0 Å². The Morgan fingerprint density at radius 1 is 0.188 bits per heavy atom. The largest absolute Gasteiger partial charge is 0.265 e. The lowest BCUT2D eigenvalue weighted by atomic mass is 10.0. The van der Waals surface area contributed by atoms with Crippen molar-refractivity contribution in [2.45, 2.75) is 277 Å². The summed E-state index contributed by atoms with van der Waals surface area (Å²) < 4.78 is 0. The molecule has 0 aliphatic heterocycles. The Bertz CT molecular complexity index is 1530. The third-order valence-corrected chi connectivity index (χ3v) is 4.40. The minimum atomic E-state index is 0.500. The van der Waals surface area contributed by atoms with Crippen molar-refractivity contribution in [1.82, 2.24) is 9.97 Å². The van der Waals surface area contributed by atoms with Crippen molar-refractivity contribution in [2.24, 2.45) is 43.3 Å². The minimum Gasteiger partial charge on any atom is -0.265 e. The monoisotopic (exact) mass is 1110 g/mol. The van der Waals surface area contributed by atoms with E-state index in [4.69, 9.17) is 0 Å². The molecule has 0 bridgehead atoms. The molecule has 80 heavy (non-hydrogen) atoms. The average Bonchev–Trinajstić information content (AvgIpc) is 3.29. The molecule has 2 aromatic heterocycles. The number of para-hydroxylation sites is 1. The molecule has 0 atom stereocenters. The van der Waals surface area contributed by atoms with Gasteiger partial charge in [0.25, 0.3) is 0 Å². The zero-order valence-corrected chi connectivity index (χ0v) is 61.9. The highest BCUT2D eigenvalue weighted by Gasteiger charge is 1.99.